The molecule has 2 aromatic carbocycles. The molecule has 0 fully saturated rings. The first-order valence-electron chi connectivity index (χ1n) is 11.4. The van der Waals surface area contributed by atoms with Crippen molar-refractivity contribution >= 4 is 17.4 Å². The highest BCUT2D eigenvalue weighted by Gasteiger charge is 2.23. The van der Waals surface area contributed by atoms with E-state index in [0.717, 1.165) is 5.70 Å². The van der Waals surface area contributed by atoms with Crippen molar-refractivity contribution in [1.29, 1.82) is 5.41 Å². The molecule has 2 aromatic rings. The molecular formula is C25H33N7O3. The summed E-state index contributed by atoms with van der Waals surface area (Å²) in [6.07, 6.45) is 3.66. The second-order valence-corrected chi connectivity index (χ2v) is 8.17. The molecule has 0 saturated carbocycles. The average Bonchev–Trinajstić information content (AvgIpc) is 2.83. The van der Waals surface area contributed by atoms with Gasteiger partial charge in [0, 0.05) is 16.9 Å². The van der Waals surface area contributed by atoms with E-state index in [1.54, 1.807) is 42.5 Å². The molecule has 1 heterocycles. The third-order valence-electron chi connectivity index (χ3n) is 4.95. The van der Waals surface area contributed by atoms with Gasteiger partial charge in [0.2, 0.25) is 0 Å². The van der Waals surface area contributed by atoms with Crippen LogP contribution in [0.3, 0.4) is 0 Å². The minimum atomic E-state index is -0.771. The number of carbonyl (C=O) groups excluding carboxylic acids is 1. The number of rotatable bonds is 11. The summed E-state index contributed by atoms with van der Waals surface area (Å²) in [6.45, 7) is 8.15. The highest BCUT2D eigenvalue weighted by molar-refractivity contribution is 5.95. The van der Waals surface area contributed by atoms with E-state index in [9.17, 15) is 4.79 Å². The maximum Gasteiger partial charge on any atom is 0.265 e. The number of nitrogen functional groups attached to an aromatic ring is 1. The molecule has 1 atom stereocenters. The van der Waals surface area contributed by atoms with E-state index >= 15 is 0 Å². The van der Waals surface area contributed by atoms with Gasteiger partial charge in [-0.05, 0) is 81.8 Å². The molecule has 0 spiro atoms. The molecule has 0 aliphatic carbocycles. The molecule has 10 nitrogen and oxygen atoms in total. The number of ether oxygens (including phenoxy) is 2. The molecule has 0 bridgehead atoms. The van der Waals surface area contributed by atoms with Crippen LogP contribution in [0.2, 0.25) is 0 Å². The van der Waals surface area contributed by atoms with Crippen molar-refractivity contribution in [3.8, 4) is 11.5 Å². The number of nitrogens with two attached hydrogens (primary N) is 1. The van der Waals surface area contributed by atoms with Crippen LogP contribution in [0.1, 0.15) is 44.9 Å². The van der Waals surface area contributed by atoms with Gasteiger partial charge >= 0.3 is 0 Å². The topological polar surface area (TPSA) is 146 Å². The summed E-state index contributed by atoms with van der Waals surface area (Å²) < 4.78 is 11.7. The molecule has 35 heavy (non-hydrogen) atoms. The van der Waals surface area contributed by atoms with Crippen LogP contribution in [-0.2, 0) is 4.79 Å². The molecule has 8 N–H and O–H groups in total. The van der Waals surface area contributed by atoms with Crippen molar-refractivity contribution in [1.82, 2.24) is 21.7 Å². The van der Waals surface area contributed by atoms with Crippen molar-refractivity contribution in [3.05, 3.63) is 77.3 Å². The maximum absolute atomic E-state index is 13.3. The lowest BCUT2D eigenvalue weighted by Crippen LogP contribution is -2.47. The number of hydrogen-bond donors (Lipinski definition) is 7. The lowest BCUT2D eigenvalue weighted by atomic mass is 10.0. The van der Waals surface area contributed by atoms with Crippen LogP contribution in [0.15, 0.2) is 66.1 Å². The van der Waals surface area contributed by atoms with E-state index in [1.165, 1.54) is 0 Å². The molecule has 0 radical (unpaired) electrons. The largest absolute Gasteiger partial charge is 0.490 e. The smallest absolute Gasteiger partial charge is 0.265 e. The zero-order valence-corrected chi connectivity index (χ0v) is 20.4. The highest BCUT2D eigenvalue weighted by atomic mass is 16.5. The first kappa shape index (κ1) is 25.3. The van der Waals surface area contributed by atoms with E-state index in [1.807, 2.05) is 39.8 Å². The Morgan fingerprint density at radius 2 is 1.83 bits per heavy atom. The summed E-state index contributed by atoms with van der Waals surface area (Å²) in [5, 5.41) is 10.8. The van der Waals surface area contributed by atoms with Gasteiger partial charge in [-0.15, -0.1) is 0 Å². The van der Waals surface area contributed by atoms with E-state index in [4.69, 9.17) is 20.6 Å². The van der Waals surface area contributed by atoms with Crippen LogP contribution in [0, 0.1) is 5.41 Å². The number of anilines is 1. The van der Waals surface area contributed by atoms with Crippen LogP contribution >= 0.6 is 0 Å². The fraction of sp³-hybridized carbons (Fsp3) is 0.280. The standard InChI is InChI=1S/C25H33N7O3/c1-5-34-21-14-18(9-12-20(21)35-15(2)3)23(28-19-10-7-17(8-11-19)24(26)27)25(33)32-31-22-13-6-16(4)29-30-22/h6-15,23,28-31H,5H2,1-4H3,(H3,26,27)(H,32,33). The van der Waals surface area contributed by atoms with Gasteiger partial charge in [0.1, 0.15) is 17.7 Å². The Balaban J connectivity index is 1.88. The van der Waals surface area contributed by atoms with Gasteiger partial charge in [0.05, 0.1) is 12.7 Å². The average molecular weight is 480 g/mol. The number of benzene rings is 2. The Bertz CT molecular complexity index is 1110. The maximum atomic E-state index is 13.3. The molecule has 1 unspecified atom stereocenters. The Morgan fingerprint density at radius 3 is 2.43 bits per heavy atom. The van der Waals surface area contributed by atoms with Gasteiger partial charge in [0.25, 0.3) is 5.91 Å². The van der Waals surface area contributed by atoms with Crippen LogP contribution in [-0.4, -0.2) is 24.5 Å². The lowest BCUT2D eigenvalue weighted by molar-refractivity contribution is -0.122. The molecule has 10 heteroatoms. The number of hydrazine groups is 2. The van der Waals surface area contributed by atoms with E-state index in [2.05, 4.69) is 27.0 Å². The predicted molar refractivity (Wildman–Crippen MR) is 137 cm³/mol. The number of nitrogens with one attached hydrogen (secondary N) is 6. The fourth-order valence-electron chi connectivity index (χ4n) is 3.27. The van der Waals surface area contributed by atoms with Gasteiger partial charge in [-0.25, -0.2) is 0 Å². The lowest BCUT2D eigenvalue weighted by Gasteiger charge is -2.24. The van der Waals surface area contributed by atoms with Crippen molar-refractivity contribution in [3.63, 3.8) is 0 Å². The number of amidine groups is 1. The van der Waals surface area contributed by atoms with Gasteiger partial charge < -0.3 is 25.9 Å². The predicted octanol–water partition coefficient (Wildman–Crippen LogP) is 2.78. The zero-order chi connectivity index (χ0) is 25.4. The first-order valence-corrected chi connectivity index (χ1v) is 11.4. The molecule has 1 aliphatic rings. The van der Waals surface area contributed by atoms with E-state index in [0.29, 0.717) is 40.7 Å². The summed E-state index contributed by atoms with van der Waals surface area (Å²) in [4.78, 5) is 13.3. The first-order chi connectivity index (χ1) is 16.8. The number of hydrogen-bond acceptors (Lipinski definition) is 8. The Hall–Kier alpha value is -4.34. The van der Waals surface area contributed by atoms with Gasteiger partial charge in [0.15, 0.2) is 11.5 Å². The van der Waals surface area contributed by atoms with Crippen molar-refractivity contribution in [2.24, 2.45) is 5.73 Å². The van der Waals surface area contributed by atoms with Crippen LogP contribution in [0.25, 0.3) is 0 Å². The monoisotopic (exact) mass is 479 g/mol. The van der Waals surface area contributed by atoms with Gasteiger partial charge in [-0.1, -0.05) is 6.07 Å². The Morgan fingerprint density at radius 1 is 1.09 bits per heavy atom. The quantitative estimate of drug-likeness (QED) is 0.148. The van der Waals surface area contributed by atoms with Crippen molar-refractivity contribution in [2.75, 3.05) is 11.9 Å². The molecule has 1 aliphatic heterocycles. The molecule has 0 saturated heterocycles. The van der Waals surface area contributed by atoms with Crippen molar-refractivity contribution < 1.29 is 14.3 Å². The Kier molecular flexibility index (Phi) is 8.44. The molecule has 186 valence electrons. The van der Waals surface area contributed by atoms with Crippen LogP contribution in [0.5, 0.6) is 11.5 Å². The summed E-state index contributed by atoms with van der Waals surface area (Å²) in [5.41, 5.74) is 20.0. The van der Waals surface area contributed by atoms with Crippen LogP contribution < -0.4 is 42.2 Å². The summed E-state index contributed by atoms with van der Waals surface area (Å²) in [7, 11) is 0. The Labute approximate surface area is 205 Å². The third-order valence-corrected chi connectivity index (χ3v) is 4.95. The number of carbonyl (C=O) groups is 1. The molecule has 0 aromatic heterocycles. The van der Waals surface area contributed by atoms with Gasteiger partial charge in [-0.3, -0.25) is 26.5 Å². The summed E-state index contributed by atoms with van der Waals surface area (Å²) >= 11 is 0. The summed E-state index contributed by atoms with van der Waals surface area (Å²) in [5.74, 6) is 1.40. The number of amides is 1. The zero-order valence-electron chi connectivity index (χ0n) is 20.4. The fourth-order valence-corrected chi connectivity index (χ4v) is 3.27. The third kappa shape index (κ3) is 7.07. The highest BCUT2D eigenvalue weighted by Crippen LogP contribution is 2.32. The normalized spacial score (nSPS) is 13.4. The summed E-state index contributed by atoms with van der Waals surface area (Å²) in [6, 6.07) is 11.6. The van der Waals surface area contributed by atoms with E-state index < -0.39 is 6.04 Å². The second-order valence-electron chi connectivity index (χ2n) is 8.17. The van der Waals surface area contributed by atoms with Crippen LogP contribution in [0.4, 0.5) is 5.69 Å². The number of allylic oxidation sites excluding steroid dienone is 3. The minimum absolute atomic E-state index is 0.0242. The van der Waals surface area contributed by atoms with Crippen molar-refractivity contribution in [2.45, 2.75) is 39.8 Å². The second kappa shape index (κ2) is 11.7. The molecule has 3 rings (SSSR count). The minimum Gasteiger partial charge on any atom is -0.490 e. The van der Waals surface area contributed by atoms with E-state index in [-0.39, 0.29) is 17.8 Å². The molecular weight excluding hydrogens is 446 g/mol. The molecule has 1 amide bonds. The SMILES string of the molecule is CCOc1cc(C(Nc2ccc(C(=N)N)cc2)C(=O)NNC2=CC=C(C)NN2)ccc1OC(C)C. The van der Waals surface area contributed by atoms with Gasteiger partial charge in [-0.2, -0.15) is 0 Å².